The van der Waals surface area contributed by atoms with E-state index in [1.165, 1.54) is 5.56 Å². The van der Waals surface area contributed by atoms with Crippen molar-refractivity contribution in [2.45, 2.75) is 19.4 Å². The summed E-state index contributed by atoms with van der Waals surface area (Å²) in [5.41, 5.74) is 7.34. The fourth-order valence-electron chi connectivity index (χ4n) is 3.27. The SMILES string of the molecule is CN1CC(CN)CC1c1cccc(OCC2(C)COC2)c1. The summed E-state index contributed by atoms with van der Waals surface area (Å²) in [6, 6.07) is 8.98. The van der Waals surface area contributed by atoms with Crippen LogP contribution in [0.1, 0.15) is 24.9 Å². The number of benzene rings is 1. The van der Waals surface area contributed by atoms with Crippen LogP contribution in [-0.4, -0.2) is 44.9 Å². The summed E-state index contributed by atoms with van der Waals surface area (Å²) in [7, 11) is 2.18. The molecular weight excluding hydrogens is 264 g/mol. The largest absolute Gasteiger partial charge is 0.493 e. The molecule has 2 fully saturated rings. The van der Waals surface area contributed by atoms with Gasteiger partial charge in [0, 0.05) is 18.0 Å². The first kappa shape index (κ1) is 14.8. The van der Waals surface area contributed by atoms with Gasteiger partial charge in [-0.25, -0.2) is 0 Å². The minimum absolute atomic E-state index is 0.185. The van der Waals surface area contributed by atoms with E-state index < -0.39 is 0 Å². The lowest BCUT2D eigenvalue weighted by atomic mass is 9.90. The van der Waals surface area contributed by atoms with Crippen LogP contribution in [0.3, 0.4) is 0 Å². The summed E-state index contributed by atoms with van der Waals surface area (Å²) in [6.45, 7) is 6.39. The van der Waals surface area contributed by atoms with E-state index in [9.17, 15) is 0 Å². The molecule has 0 spiro atoms. The summed E-state index contributed by atoms with van der Waals surface area (Å²) in [4.78, 5) is 2.40. The normalized spacial score (nSPS) is 28.3. The van der Waals surface area contributed by atoms with E-state index in [2.05, 4.69) is 37.1 Å². The van der Waals surface area contributed by atoms with Gasteiger partial charge in [-0.15, -0.1) is 0 Å². The second-order valence-corrected chi connectivity index (χ2v) is 6.96. The fraction of sp³-hybridized carbons (Fsp3) is 0.647. The Morgan fingerprint density at radius 3 is 2.86 bits per heavy atom. The average molecular weight is 290 g/mol. The smallest absolute Gasteiger partial charge is 0.119 e. The molecule has 2 aliphatic rings. The first-order valence-electron chi connectivity index (χ1n) is 7.80. The Labute approximate surface area is 127 Å². The lowest BCUT2D eigenvalue weighted by Crippen LogP contribution is -2.44. The van der Waals surface area contributed by atoms with Crippen LogP contribution in [0, 0.1) is 11.3 Å². The first-order chi connectivity index (χ1) is 10.1. The van der Waals surface area contributed by atoms with Gasteiger partial charge in [0.05, 0.1) is 19.8 Å². The van der Waals surface area contributed by atoms with Gasteiger partial charge in [-0.2, -0.15) is 0 Å². The third-order valence-electron chi connectivity index (χ3n) is 4.70. The van der Waals surface area contributed by atoms with Crippen molar-refractivity contribution < 1.29 is 9.47 Å². The quantitative estimate of drug-likeness (QED) is 0.901. The predicted molar refractivity (Wildman–Crippen MR) is 83.4 cm³/mol. The third-order valence-corrected chi connectivity index (χ3v) is 4.70. The molecule has 2 N–H and O–H groups in total. The van der Waals surface area contributed by atoms with Crippen LogP contribution in [0.2, 0.25) is 0 Å². The minimum atomic E-state index is 0.185. The molecule has 1 aromatic carbocycles. The maximum Gasteiger partial charge on any atom is 0.119 e. The molecule has 0 radical (unpaired) electrons. The molecular formula is C17H26N2O2. The predicted octanol–water partition coefficient (Wildman–Crippen LogP) is 2.05. The molecule has 1 aromatic rings. The van der Waals surface area contributed by atoms with Gasteiger partial charge in [0.2, 0.25) is 0 Å². The molecule has 3 rings (SSSR count). The molecule has 2 atom stereocenters. The van der Waals surface area contributed by atoms with E-state index in [4.69, 9.17) is 15.2 Å². The van der Waals surface area contributed by atoms with E-state index in [-0.39, 0.29) is 5.41 Å². The molecule has 2 saturated heterocycles. The summed E-state index contributed by atoms with van der Waals surface area (Å²) < 4.78 is 11.2. The highest BCUT2D eigenvalue weighted by Gasteiger charge is 2.34. The number of nitrogens with zero attached hydrogens (tertiary/aromatic N) is 1. The van der Waals surface area contributed by atoms with Crippen molar-refractivity contribution in [1.29, 1.82) is 0 Å². The third kappa shape index (κ3) is 3.23. The van der Waals surface area contributed by atoms with Gasteiger partial charge >= 0.3 is 0 Å². The Kier molecular flexibility index (Phi) is 4.20. The number of rotatable bonds is 5. The van der Waals surface area contributed by atoms with Crippen LogP contribution >= 0.6 is 0 Å². The molecule has 2 aliphatic heterocycles. The van der Waals surface area contributed by atoms with Gasteiger partial charge in [0.15, 0.2) is 0 Å². The molecule has 21 heavy (non-hydrogen) atoms. The van der Waals surface area contributed by atoms with Crippen molar-refractivity contribution in [3.05, 3.63) is 29.8 Å². The molecule has 0 amide bonds. The highest BCUT2D eigenvalue weighted by Crippen LogP contribution is 2.35. The molecule has 2 unspecified atom stereocenters. The highest BCUT2D eigenvalue weighted by molar-refractivity contribution is 5.31. The maximum absolute atomic E-state index is 5.98. The summed E-state index contributed by atoms with van der Waals surface area (Å²) in [6.07, 6.45) is 1.14. The van der Waals surface area contributed by atoms with Crippen molar-refractivity contribution in [2.75, 3.05) is 40.0 Å². The molecule has 116 valence electrons. The van der Waals surface area contributed by atoms with Gasteiger partial charge < -0.3 is 15.2 Å². The van der Waals surface area contributed by atoms with Gasteiger partial charge in [-0.05, 0) is 43.6 Å². The van der Waals surface area contributed by atoms with E-state index in [1.807, 2.05) is 6.07 Å². The van der Waals surface area contributed by atoms with E-state index in [0.29, 0.717) is 12.0 Å². The zero-order chi connectivity index (χ0) is 14.9. The van der Waals surface area contributed by atoms with Crippen molar-refractivity contribution >= 4 is 0 Å². The van der Waals surface area contributed by atoms with Crippen LogP contribution < -0.4 is 10.5 Å². The second-order valence-electron chi connectivity index (χ2n) is 6.96. The van der Waals surface area contributed by atoms with Crippen LogP contribution in [0.5, 0.6) is 5.75 Å². The summed E-state index contributed by atoms with van der Waals surface area (Å²) in [5.74, 6) is 1.57. The molecule has 0 saturated carbocycles. The maximum atomic E-state index is 5.98. The average Bonchev–Trinajstić information content (AvgIpc) is 2.85. The molecule has 4 nitrogen and oxygen atoms in total. The van der Waals surface area contributed by atoms with Gasteiger partial charge in [0.25, 0.3) is 0 Å². The van der Waals surface area contributed by atoms with Crippen molar-refractivity contribution in [3.8, 4) is 5.75 Å². The number of ether oxygens (including phenoxy) is 2. The standard InChI is InChI=1S/C17H26N2O2/c1-17(10-20-11-17)12-21-15-5-3-4-14(7-15)16-6-13(8-18)9-19(16)2/h3-5,7,13,16H,6,8-12,18H2,1-2H3. The second kappa shape index (κ2) is 5.95. The van der Waals surface area contributed by atoms with Crippen LogP contribution in [0.25, 0.3) is 0 Å². The minimum Gasteiger partial charge on any atom is -0.493 e. The molecule has 0 bridgehead atoms. The lowest BCUT2D eigenvalue weighted by molar-refractivity contribution is -0.120. The monoisotopic (exact) mass is 290 g/mol. The summed E-state index contributed by atoms with van der Waals surface area (Å²) in [5, 5.41) is 0. The lowest BCUT2D eigenvalue weighted by Gasteiger charge is -2.37. The van der Waals surface area contributed by atoms with E-state index in [0.717, 1.165) is 45.1 Å². The Bertz CT molecular complexity index is 487. The highest BCUT2D eigenvalue weighted by atomic mass is 16.5. The Balaban J connectivity index is 1.65. The Morgan fingerprint density at radius 1 is 1.43 bits per heavy atom. The van der Waals surface area contributed by atoms with Crippen molar-refractivity contribution in [3.63, 3.8) is 0 Å². The number of nitrogens with two attached hydrogens (primary N) is 1. The van der Waals surface area contributed by atoms with Crippen molar-refractivity contribution in [2.24, 2.45) is 17.1 Å². The fourth-order valence-corrected chi connectivity index (χ4v) is 3.27. The molecule has 4 heteroatoms. The van der Waals surface area contributed by atoms with E-state index in [1.54, 1.807) is 0 Å². The first-order valence-corrected chi connectivity index (χ1v) is 7.80. The Hall–Kier alpha value is -1.10. The van der Waals surface area contributed by atoms with Gasteiger partial charge in [0.1, 0.15) is 5.75 Å². The van der Waals surface area contributed by atoms with Crippen molar-refractivity contribution in [1.82, 2.24) is 4.90 Å². The van der Waals surface area contributed by atoms with Gasteiger partial charge in [-0.1, -0.05) is 19.1 Å². The van der Waals surface area contributed by atoms with Crippen LogP contribution in [0.15, 0.2) is 24.3 Å². The number of hydrogen-bond donors (Lipinski definition) is 1. The zero-order valence-corrected chi connectivity index (χ0v) is 13.0. The summed E-state index contributed by atoms with van der Waals surface area (Å²) >= 11 is 0. The molecule has 0 aliphatic carbocycles. The molecule has 2 heterocycles. The molecule has 0 aromatic heterocycles. The van der Waals surface area contributed by atoms with Gasteiger partial charge in [-0.3, -0.25) is 4.90 Å². The van der Waals surface area contributed by atoms with E-state index >= 15 is 0 Å². The number of likely N-dealkylation sites (tertiary alicyclic amines) is 1. The number of hydrogen-bond acceptors (Lipinski definition) is 4. The topological polar surface area (TPSA) is 47.7 Å². The zero-order valence-electron chi connectivity index (χ0n) is 13.0. The van der Waals surface area contributed by atoms with Crippen LogP contribution in [-0.2, 0) is 4.74 Å². The van der Waals surface area contributed by atoms with Crippen LogP contribution in [0.4, 0.5) is 0 Å². The Morgan fingerprint density at radius 2 is 2.24 bits per heavy atom.